The van der Waals surface area contributed by atoms with Crippen LogP contribution in [0.1, 0.15) is 19.2 Å². The molecule has 0 amide bonds. The molecule has 0 aliphatic rings. The smallest absolute Gasteiger partial charge is 0.202 e. The van der Waals surface area contributed by atoms with Crippen LogP contribution < -0.4 is 5.32 Å². The van der Waals surface area contributed by atoms with Crippen molar-refractivity contribution in [2.24, 2.45) is 0 Å². The molecule has 0 radical (unpaired) electrons. The fraction of sp³-hybridized carbons (Fsp3) is 0.455. The summed E-state index contributed by atoms with van der Waals surface area (Å²) in [6, 6.07) is 0. The average Bonchev–Trinajstić information content (AvgIpc) is 2.95. The van der Waals surface area contributed by atoms with E-state index in [4.69, 9.17) is 0 Å². The van der Waals surface area contributed by atoms with Crippen LogP contribution in [-0.2, 0) is 13.0 Å². The first kappa shape index (κ1) is 10.7. The van der Waals surface area contributed by atoms with Gasteiger partial charge in [-0.15, -0.1) is 0 Å². The molecule has 0 fully saturated rings. The van der Waals surface area contributed by atoms with Gasteiger partial charge < -0.3 is 14.9 Å². The molecule has 2 heterocycles. The van der Waals surface area contributed by atoms with Crippen LogP contribution in [0.2, 0.25) is 0 Å². The van der Waals surface area contributed by atoms with Crippen LogP contribution in [-0.4, -0.2) is 26.1 Å². The summed E-state index contributed by atoms with van der Waals surface area (Å²) in [7, 11) is 0. The number of H-pyrrole nitrogens is 1. The summed E-state index contributed by atoms with van der Waals surface area (Å²) in [5, 5.41) is 3.32. The molecule has 2 aromatic heterocycles. The van der Waals surface area contributed by atoms with Gasteiger partial charge in [0.25, 0.3) is 0 Å². The van der Waals surface area contributed by atoms with Crippen molar-refractivity contribution in [3.63, 3.8) is 0 Å². The summed E-state index contributed by atoms with van der Waals surface area (Å²) in [6.45, 7) is 3.97. The highest BCUT2D eigenvalue weighted by atomic mass is 15.2. The third kappa shape index (κ3) is 2.62. The molecule has 0 saturated carbocycles. The first-order valence-corrected chi connectivity index (χ1v) is 5.63. The summed E-state index contributed by atoms with van der Waals surface area (Å²) in [5.41, 5.74) is 0. The first-order valence-electron chi connectivity index (χ1n) is 5.63. The van der Waals surface area contributed by atoms with E-state index in [2.05, 4.69) is 31.8 Å². The van der Waals surface area contributed by atoms with Crippen LogP contribution in [0.3, 0.4) is 0 Å². The van der Waals surface area contributed by atoms with Crippen LogP contribution in [0.25, 0.3) is 0 Å². The molecule has 5 nitrogen and oxygen atoms in total. The Labute approximate surface area is 94.9 Å². The lowest BCUT2D eigenvalue weighted by atomic mass is 10.3. The Hall–Kier alpha value is -1.78. The Kier molecular flexibility index (Phi) is 3.58. The summed E-state index contributed by atoms with van der Waals surface area (Å²) in [5.74, 6) is 1.99. The lowest BCUT2D eigenvalue weighted by Crippen LogP contribution is -2.09. The predicted molar refractivity (Wildman–Crippen MR) is 63.3 cm³/mol. The van der Waals surface area contributed by atoms with Gasteiger partial charge in [0.05, 0.1) is 0 Å². The largest absolute Gasteiger partial charge is 0.356 e. The summed E-state index contributed by atoms with van der Waals surface area (Å²) in [4.78, 5) is 11.5. The van der Waals surface area contributed by atoms with Gasteiger partial charge in [-0.05, 0) is 13.3 Å². The zero-order valence-electron chi connectivity index (χ0n) is 9.48. The van der Waals surface area contributed by atoms with Crippen molar-refractivity contribution in [3.05, 3.63) is 30.6 Å². The molecule has 0 aliphatic carbocycles. The van der Waals surface area contributed by atoms with E-state index in [0.717, 1.165) is 37.7 Å². The molecule has 5 heteroatoms. The number of nitrogens with one attached hydrogen (secondary N) is 2. The maximum atomic E-state index is 4.25. The predicted octanol–water partition coefficient (Wildman–Crippen LogP) is 1.67. The minimum atomic E-state index is 0.914. The van der Waals surface area contributed by atoms with Crippen molar-refractivity contribution < 1.29 is 0 Å². The molecule has 2 rings (SSSR count). The molecule has 0 aromatic carbocycles. The molecule has 0 bridgehead atoms. The molecule has 0 atom stereocenters. The van der Waals surface area contributed by atoms with E-state index < -0.39 is 0 Å². The normalized spacial score (nSPS) is 10.6. The van der Waals surface area contributed by atoms with E-state index in [9.17, 15) is 0 Å². The number of aromatic nitrogens is 4. The highest BCUT2D eigenvalue weighted by Gasteiger charge is 1.99. The molecule has 0 unspecified atom stereocenters. The fourth-order valence-corrected chi connectivity index (χ4v) is 1.62. The molecule has 2 aromatic rings. The second-order valence-corrected chi connectivity index (χ2v) is 3.60. The van der Waals surface area contributed by atoms with E-state index in [1.165, 1.54) is 0 Å². The van der Waals surface area contributed by atoms with Gasteiger partial charge >= 0.3 is 0 Å². The number of imidazole rings is 2. The van der Waals surface area contributed by atoms with Crippen LogP contribution >= 0.6 is 0 Å². The van der Waals surface area contributed by atoms with E-state index in [1.54, 1.807) is 6.20 Å². The van der Waals surface area contributed by atoms with Crippen molar-refractivity contribution in [2.75, 3.05) is 11.9 Å². The Morgan fingerprint density at radius 2 is 2.31 bits per heavy atom. The summed E-state index contributed by atoms with van der Waals surface area (Å²) in [6.07, 6.45) is 9.45. The fourth-order valence-electron chi connectivity index (χ4n) is 1.62. The Balaban J connectivity index is 1.72. The van der Waals surface area contributed by atoms with Crippen molar-refractivity contribution in [3.8, 4) is 0 Å². The SMILES string of the molecule is CCn1ccnc1NCCCc1ncc[nH]1. The standard InChI is InChI=1S/C11H17N5/c1-2-16-9-8-15-11(16)14-5-3-4-10-12-6-7-13-10/h6-9H,2-5H2,1H3,(H,12,13)(H,14,15). The van der Waals surface area contributed by atoms with E-state index >= 15 is 0 Å². The lowest BCUT2D eigenvalue weighted by molar-refractivity contribution is 0.749. The van der Waals surface area contributed by atoms with Gasteiger partial charge in [0.15, 0.2) is 0 Å². The Morgan fingerprint density at radius 3 is 3.06 bits per heavy atom. The van der Waals surface area contributed by atoms with E-state index in [-0.39, 0.29) is 0 Å². The number of nitrogens with zero attached hydrogens (tertiary/aromatic N) is 3. The molecule has 0 aliphatic heterocycles. The van der Waals surface area contributed by atoms with E-state index in [0.29, 0.717) is 0 Å². The maximum Gasteiger partial charge on any atom is 0.202 e. The third-order valence-corrected chi connectivity index (χ3v) is 2.48. The van der Waals surface area contributed by atoms with Crippen LogP contribution in [0, 0.1) is 0 Å². The number of aromatic amines is 1. The van der Waals surface area contributed by atoms with Crippen molar-refractivity contribution in [1.82, 2.24) is 19.5 Å². The van der Waals surface area contributed by atoms with Gasteiger partial charge in [-0.3, -0.25) is 0 Å². The Morgan fingerprint density at radius 1 is 1.38 bits per heavy atom. The van der Waals surface area contributed by atoms with Crippen molar-refractivity contribution >= 4 is 5.95 Å². The number of hydrogen-bond acceptors (Lipinski definition) is 3. The van der Waals surface area contributed by atoms with Gasteiger partial charge in [-0.25, -0.2) is 9.97 Å². The highest BCUT2D eigenvalue weighted by Crippen LogP contribution is 2.04. The monoisotopic (exact) mass is 219 g/mol. The second kappa shape index (κ2) is 5.34. The summed E-state index contributed by atoms with van der Waals surface area (Å²) >= 11 is 0. The quantitative estimate of drug-likeness (QED) is 0.727. The molecular weight excluding hydrogens is 202 g/mol. The zero-order valence-corrected chi connectivity index (χ0v) is 9.48. The van der Waals surface area contributed by atoms with Gasteiger partial charge in [0.1, 0.15) is 5.82 Å². The molecule has 0 saturated heterocycles. The highest BCUT2D eigenvalue weighted by molar-refractivity contribution is 5.25. The topological polar surface area (TPSA) is 58.5 Å². The molecule has 0 spiro atoms. The minimum Gasteiger partial charge on any atom is -0.356 e. The van der Waals surface area contributed by atoms with Crippen LogP contribution in [0.15, 0.2) is 24.8 Å². The number of aryl methyl sites for hydroxylation is 2. The maximum absolute atomic E-state index is 4.25. The number of rotatable bonds is 6. The van der Waals surface area contributed by atoms with Gasteiger partial charge in [-0.2, -0.15) is 0 Å². The average molecular weight is 219 g/mol. The third-order valence-electron chi connectivity index (χ3n) is 2.48. The number of hydrogen-bond donors (Lipinski definition) is 2. The molecule has 2 N–H and O–H groups in total. The van der Waals surface area contributed by atoms with Gasteiger partial charge in [0.2, 0.25) is 5.95 Å². The zero-order chi connectivity index (χ0) is 11.2. The first-order chi connectivity index (χ1) is 7.90. The lowest BCUT2D eigenvalue weighted by Gasteiger charge is -2.06. The van der Waals surface area contributed by atoms with Crippen molar-refractivity contribution in [1.29, 1.82) is 0 Å². The van der Waals surface area contributed by atoms with Crippen LogP contribution in [0.4, 0.5) is 5.95 Å². The molecule has 16 heavy (non-hydrogen) atoms. The van der Waals surface area contributed by atoms with E-state index in [1.807, 2.05) is 18.6 Å². The van der Waals surface area contributed by atoms with Gasteiger partial charge in [0, 0.05) is 44.3 Å². The van der Waals surface area contributed by atoms with Gasteiger partial charge in [-0.1, -0.05) is 0 Å². The summed E-state index contributed by atoms with van der Waals surface area (Å²) < 4.78 is 2.09. The Bertz CT molecular complexity index is 404. The van der Waals surface area contributed by atoms with Crippen LogP contribution in [0.5, 0.6) is 0 Å². The molecular formula is C11H17N5. The molecule has 86 valence electrons. The second-order valence-electron chi connectivity index (χ2n) is 3.60. The number of anilines is 1. The minimum absolute atomic E-state index is 0.914. The van der Waals surface area contributed by atoms with Crippen molar-refractivity contribution in [2.45, 2.75) is 26.3 Å².